The van der Waals surface area contributed by atoms with E-state index in [1.165, 1.54) is 10.7 Å². The Labute approximate surface area is 144 Å². The van der Waals surface area contributed by atoms with Crippen molar-refractivity contribution in [2.75, 3.05) is 18.5 Å². The summed E-state index contributed by atoms with van der Waals surface area (Å²) in [6, 6.07) is 7.74. The molecule has 25 heavy (non-hydrogen) atoms. The molecule has 0 bridgehead atoms. The van der Waals surface area contributed by atoms with Crippen molar-refractivity contribution in [3.8, 4) is 11.5 Å². The van der Waals surface area contributed by atoms with Crippen LogP contribution < -0.4 is 20.3 Å². The second kappa shape index (κ2) is 6.23. The maximum absolute atomic E-state index is 12.5. The Kier molecular flexibility index (Phi) is 3.91. The van der Waals surface area contributed by atoms with E-state index < -0.39 is 6.04 Å². The number of aromatic nitrogens is 2. The van der Waals surface area contributed by atoms with E-state index in [-0.39, 0.29) is 11.5 Å². The van der Waals surface area contributed by atoms with Crippen LogP contribution in [0.3, 0.4) is 0 Å². The highest BCUT2D eigenvalue weighted by atomic mass is 16.6. The molecule has 2 heterocycles. The van der Waals surface area contributed by atoms with Crippen molar-refractivity contribution in [2.45, 2.75) is 31.7 Å². The van der Waals surface area contributed by atoms with Crippen molar-refractivity contribution in [1.29, 1.82) is 0 Å². The number of ether oxygens (including phenoxy) is 2. The van der Waals surface area contributed by atoms with Gasteiger partial charge in [0.05, 0.1) is 5.69 Å². The quantitative estimate of drug-likeness (QED) is 0.921. The van der Waals surface area contributed by atoms with Gasteiger partial charge in [-0.1, -0.05) is 0 Å². The van der Waals surface area contributed by atoms with Gasteiger partial charge in [0.2, 0.25) is 5.91 Å². The van der Waals surface area contributed by atoms with Gasteiger partial charge in [0, 0.05) is 23.7 Å². The minimum atomic E-state index is -0.709. The number of nitrogens with zero attached hydrogens (tertiary/aromatic N) is 2. The molecule has 1 N–H and O–H groups in total. The first-order valence-electron chi connectivity index (χ1n) is 8.42. The molecule has 4 rings (SSSR count). The van der Waals surface area contributed by atoms with Crippen molar-refractivity contribution in [2.24, 2.45) is 0 Å². The standard InChI is InChI=1S/C18H19N3O4/c1-11(21-17(22)7-5-14(20-21)12-2-3-12)18(23)19-13-4-6-15-16(10-13)25-9-8-24-15/h4-7,10-12H,2-3,8-9H2,1H3,(H,19,23)/t11-/m0/s1. The number of rotatable bonds is 4. The highest BCUT2D eigenvalue weighted by Gasteiger charge is 2.27. The Morgan fingerprint density at radius 3 is 2.72 bits per heavy atom. The zero-order valence-electron chi connectivity index (χ0n) is 13.9. The fraction of sp³-hybridized carbons (Fsp3) is 0.389. The zero-order valence-corrected chi connectivity index (χ0v) is 13.9. The predicted molar refractivity (Wildman–Crippen MR) is 91.2 cm³/mol. The highest BCUT2D eigenvalue weighted by molar-refractivity contribution is 5.93. The first-order valence-corrected chi connectivity index (χ1v) is 8.42. The number of fused-ring (bicyclic) bond motifs is 1. The SMILES string of the molecule is C[C@@H](C(=O)Nc1ccc2c(c1)OCCO2)n1nc(C2CC2)ccc1=O. The van der Waals surface area contributed by atoms with E-state index >= 15 is 0 Å². The van der Waals surface area contributed by atoms with Crippen LogP contribution in [0.2, 0.25) is 0 Å². The van der Waals surface area contributed by atoms with Gasteiger partial charge in [0.1, 0.15) is 19.3 Å². The molecular formula is C18H19N3O4. The monoisotopic (exact) mass is 341 g/mol. The lowest BCUT2D eigenvalue weighted by Gasteiger charge is -2.19. The average Bonchev–Trinajstić information content (AvgIpc) is 3.46. The summed E-state index contributed by atoms with van der Waals surface area (Å²) in [5, 5.41) is 7.17. The van der Waals surface area contributed by atoms with Crippen LogP contribution in [0, 0.1) is 0 Å². The van der Waals surface area contributed by atoms with Crippen molar-refractivity contribution in [1.82, 2.24) is 9.78 Å². The average molecular weight is 341 g/mol. The van der Waals surface area contributed by atoms with Crippen LogP contribution in [-0.4, -0.2) is 28.9 Å². The van der Waals surface area contributed by atoms with Crippen LogP contribution in [0.4, 0.5) is 5.69 Å². The van der Waals surface area contributed by atoms with E-state index in [0.717, 1.165) is 18.5 Å². The van der Waals surface area contributed by atoms with Gasteiger partial charge >= 0.3 is 0 Å². The summed E-state index contributed by atoms with van der Waals surface area (Å²) < 4.78 is 12.2. The Morgan fingerprint density at radius 2 is 1.96 bits per heavy atom. The molecular weight excluding hydrogens is 322 g/mol. The number of carbonyl (C=O) groups is 1. The summed E-state index contributed by atoms with van der Waals surface area (Å²) in [7, 11) is 0. The van der Waals surface area contributed by atoms with Crippen LogP contribution in [0.5, 0.6) is 11.5 Å². The van der Waals surface area contributed by atoms with Crippen molar-refractivity contribution >= 4 is 11.6 Å². The minimum absolute atomic E-state index is 0.283. The second-order valence-corrected chi connectivity index (χ2v) is 6.34. The van der Waals surface area contributed by atoms with Crippen LogP contribution in [0.15, 0.2) is 35.1 Å². The Bertz CT molecular complexity index is 873. The molecule has 2 aliphatic rings. The maximum atomic E-state index is 12.5. The molecule has 1 aliphatic carbocycles. The lowest BCUT2D eigenvalue weighted by atomic mass is 10.2. The van der Waals surface area contributed by atoms with Crippen molar-refractivity contribution in [3.63, 3.8) is 0 Å². The molecule has 7 nitrogen and oxygen atoms in total. The van der Waals surface area contributed by atoms with Gasteiger partial charge in [0.15, 0.2) is 11.5 Å². The van der Waals surface area contributed by atoms with Crippen LogP contribution in [0.1, 0.15) is 37.4 Å². The van der Waals surface area contributed by atoms with E-state index in [4.69, 9.17) is 9.47 Å². The van der Waals surface area contributed by atoms with Crippen LogP contribution in [0.25, 0.3) is 0 Å². The van der Waals surface area contributed by atoms with Crippen molar-refractivity contribution < 1.29 is 14.3 Å². The molecule has 1 aliphatic heterocycles. The summed E-state index contributed by atoms with van der Waals surface area (Å²) in [6.07, 6.45) is 2.17. The van der Waals surface area contributed by atoms with Gasteiger partial charge in [0.25, 0.3) is 5.56 Å². The van der Waals surface area contributed by atoms with Gasteiger partial charge in [-0.3, -0.25) is 9.59 Å². The topological polar surface area (TPSA) is 82.4 Å². The second-order valence-electron chi connectivity index (χ2n) is 6.34. The number of amides is 1. The third-order valence-corrected chi connectivity index (χ3v) is 4.40. The van der Waals surface area contributed by atoms with E-state index in [9.17, 15) is 9.59 Å². The van der Waals surface area contributed by atoms with Gasteiger partial charge in [-0.05, 0) is 38.0 Å². The molecule has 0 spiro atoms. The summed E-state index contributed by atoms with van der Waals surface area (Å²) in [5.41, 5.74) is 1.18. The van der Waals surface area contributed by atoms with E-state index in [2.05, 4.69) is 10.4 Å². The molecule has 7 heteroatoms. The van der Waals surface area contributed by atoms with E-state index in [0.29, 0.717) is 36.3 Å². The number of carbonyl (C=O) groups excluding carboxylic acids is 1. The molecule has 1 atom stereocenters. The molecule has 1 aromatic carbocycles. The molecule has 130 valence electrons. The molecule has 1 fully saturated rings. The molecule has 0 radical (unpaired) electrons. The number of benzene rings is 1. The van der Waals surface area contributed by atoms with E-state index in [1.807, 2.05) is 0 Å². The molecule has 1 aromatic heterocycles. The number of nitrogens with one attached hydrogen (secondary N) is 1. The summed E-state index contributed by atoms with van der Waals surface area (Å²) in [4.78, 5) is 24.6. The van der Waals surface area contributed by atoms with Crippen molar-refractivity contribution in [3.05, 3.63) is 46.4 Å². The zero-order chi connectivity index (χ0) is 17.4. The van der Waals surface area contributed by atoms with Gasteiger partial charge in [-0.25, -0.2) is 4.68 Å². The smallest absolute Gasteiger partial charge is 0.267 e. The fourth-order valence-corrected chi connectivity index (χ4v) is 2.79. The van der Waals surface area contributed by atoms with Gasteiger partial charge in [-0.15, -0.1) is 0 Å². The predicted octanol–water partition coefficient (Wildman–Crippen LogP) is 2.09. The molecule has 0 unspecified atom stereocenters. The van der Waals surface area contributed by atoms with Crippen LogP contribution >= 0.6 is 0 Å². The first-order chi connectivity index (χ1) is 12.1. The Morgan fingerprint density at radius 1 is 1.20 bits per heavy atom. The van der Waals surface area contributed by atoms with Gasteiger partial charge in [-0.2, -0.15) is 5.10 Å². The van der Waals surface area contributed by atoms with E-state index in [1.54, 1.807) is 31.2 Å². The molecule has 2 aromatic rings. The largest absolute Gasteiger partial charge is 0.486 e. The first kappa shape index (κ1) is 15.7. The third-order valence-electron chi connectivity index (χ3n) is 4.40. The lowest BCUT2D eigenvalue weighted by Crippen LogP contribution is -2.33. The minimum Gasteiger partial charge on any atom is -0.486 e. The summed E-state index contributed by atoms with van der Waals surface area (Å²) in [6.45, 7) is 2.66. The molecule has 1 amide bonds. The molecule has 1 saturated carbocycles. The summed E-state index contributed by atoms with van der Waals surface area (Å²) >= 11 is 0. The Balaban J connectivity index is 1.53. The fourth-order valence-electron chi connectivity index (χ4n) is 2.79. The third kappa shape index (κ3) is 3.22. The lowest BCUT2D eigenvalue weighted by molar-refractivity contribution is -0.119. The number of hydrogen-bond donors (Lipinski definition) is 1. The summed E-state index contributed by atoms with van der Waals surface area (Å²) in [5.74, 6) is 1.37. The normalized spacial score (nSPS) is 17.0. The molecule has 0 saturated heterocycles. The van der Waals surface area contributed by atoms with Gasteiger partial charge < -0.3 is 14.8 Å². The maximum Gasteiger partial charge on any atom is 0.267 e. The van der Waals surface area contributed by atoms with Crippen LogP contribution in [-0.2, 0) is 4.79 Å². The Hall–Kier alpha value is -2.83. The number of hydrogen-bond acceptors (Lipinski definition) is 5. The highest BCUT2D eigenvalue weighted by Crippen LogP contribution is 2.38. The number of anilines is 1.